The Hall–Kier alpha value is -4.79. The Balaban J connectivity index is 1.67. The van der Waals surface area contributed by atoms with Crippen LogP contribution in [0, 0.1) is 10.1 Å². The number of rotatable bonds is 5. The molecule has 0 atom stereocenters. The van der Waals surface area contributed by atoms with Crippen LogP contribution in [0.1, 0.15) is 20.7 Å². The van der Waals surface area contributed by atoms with Gasteiger partial charge < -0.3 is 9.73 Å². The monoisotopic (exact) mass is 428 g/mol. The van der Waals surface area contributed by atoms with Crippen molar-refractivity contribution >= 4 is 34.2 Å². The fourth-order valence-electron chi connectivity index (χ4n) is 2.94. The maximum atomic E-state index is 12.9. The SMILES string of the molecule is O=C(N/N=c1\oc2ccccc2cc1C(=O)Nc1ccccc1)c1ccc([N+](=O)[O-])cc1. The largest absolute Gasteiger partial charge is 0.436 e. The van der Waals surface area contributed by atoms with Crippen LogP contribution in [0.5, 0.6) is 0 Å². The Bertz CT molecular complexity index is 1380. The normalized spacial score (nSPS) is 11.2. The quantitative estimate of drug-likeness (QED) is 0.369. The highest BCUT2D eigenvalue weighted by Crippen LogP contribution is 2.15. The summed E-state index contributed by atoms with van der Waals surface area (Å²) in [6.07, 6.45) is 0. The number of non-ortho nitro benzene ring substituents is 1. The van der Waals surface area contributed by atoms with Gasteiger partial charge in [0, 0.05) is 28.8 Å². The van der Waals surface area contributed by atoms with Crippen molar-refractivity contribution in [2.75, 3.05) is 5.32 Å². The van der Waals surface area contributed by atoms with Gasteiger partial charge in [-0.15, -0.1) is 5.10 Å². The average Bonchev–Trinajstić information content (AvgIpc) is 2.82. The van der Waals surface area contributed by atoms with E-state index in [1.807, 2.05) is 12.1 Å². The average molecular weight is 428 g/mol. The molecule has 0 saturated heterocycles. The Morgan fingerprint density at radius 2 is 1.56 bits per heavy atom. The van der Waals surface area contributed by atoms with Gasteiger partial charge in [-0.3, -0.25) is 19.7 Å². The molecule has 2 amide bonds. The van der Waals surface area contributed by atoms with E-state index in [4.69, 9.17) is 4.42 Å². The smallest absolute Gasteiger partial charge is 0.271 e. The second kappa shape index (κ2) is 8.92. The number of carbonyl (C=O) groups excluding carboxylic acids is 2. The van der Waals surface area contributed by atoms with Crippen LogP contribution in [0.3, 0.4) is 0 Å². The van der Waals surface area contributed by atoms with E-state index in [1.54, 1.807) is 48.5 Å². The number of carbonyl (C=O) groups is 2. The molecule has 0 fully saturated rings. The van der Waals surface area contributed by atoms with Gasteiger partial charge in [0.25, 0.3) is 17.5 Å². The van der Waals surface area contributed by atoms with Crippen LogP contribution in [-0.2, 0) is 0 Å². The minimum atomic E-state index is -0.613. The van der Waals surface area contributed by atoms with E-state index in [0.29, 0.717) is 16.7 Å². The molecule has 0 aliphatic carbocycles. The molecule has 0 aliphatic heterocycles. The predicted octanol–water partition coefficient (Wildman–Crippen LogP) is 3.84. The molecule has 0 unspecified atom stereocenters. The zero-order valence-corrected chi connectivity index (χ0v) is 16.5. The first-order valence-corrected chi connectivity index (χ1v) is 9.49. The minimum absolute atomic E-state index is 0.0904. The molecule has 1 heterocycles. The third-order valence-corrected chi connectivity index (χ3v) is 4.53. The van der Waals surface area contributed by atoms with Crippen LogP contribution in [0.4, 0.5) is 11.4 Å². The molecule has 0 saturated carbocycles. The van der Waals surface area contributed by atoms with Gasteiger partial charge >= 0.3 is 0 Å². The molecule has 9 nitrogen and oxygen atoms in total. The van der Waals surface area contributed by atoms with E-state index in [1.165, 1.54) is 24.3 Å². The number of nitro benzene ring substituents is 1. The summed E-state index contributed by atoms with van der Waals surface area (Å²) in [4.78, 5) is 35.5. The molecule has 158 valence electrons. The topological polar surface area (TPSA) is 127 Å². The Morgan fingerprint density at radius 1 is 0.875 bits per heavy atom. The Labute approximate surface area is 181 Å². The van der Waals surface area contributed by atoms with Gasteiger partial charge in [-0.1, -0.05) is 36.4 Å². The number of anilines is 1. The lowest BCUT2D eigenvalue weighted by Gasteiger charge is -2.07. The number of nitro groups is 1. The van der Waals surface area contributed by atoms with E-state index in [9.17, 15) is 19.7 Å². The van der Waals surface area contributed by atoms with Crippen molar-refractivity contribution < 1.29 is 18.9 Å². The molecule has 0 bridgehead atoms. The molecule has 4 rings (SSSR count). The van der Waals surface area contributed by atoms with Crippen molar-refractivity contribution in [1.29, 1.82) is 0 Å². The van der Waals surface area contributed by atoms with Gasteiger partial charge in [-0.2, -0.15) is 0 Å². The number of benzene rings is 3. The maximum absolute atomic E-state index is 12.9. The second-order valence-corrected chi connectivity index (χ2v) is 6.68. The van der Waals surface area contributed by atoms with Crippen LogP contribution in [0.25, 0.3) is 11.0 Å². The lowest BCUT2D eigenvalue weighted by Crippen LogP contribution is -2.26. The first kappa shape index (κ1) is 20.5. The summed E-state index contributed by atoms with van der Waals surface area (Å²) in [6, 6.07) is 22.6. The molecule has 0 spiro atoms. The van der Waals surface area contributed by atoms with Crippen molar-refractivity contribution in [3.05, 3.63) is 112 Å². The highest BCUT2D eigenvalue weighted by Gasteiger charge is 2.14. The predicted molar refractivity (Wildman–Crippen MR) is 117 cm³/mol. The van der Waals surface area contributed by atoms with Gasteiger partial charge in [-0.05, 0) is 36.4 Å². The van der Waals surface area contributed by atoms with Crippen molar-refractivity contribution in [2.45, 2.75) is 0 Å². The van der Waals surface area contributed by atoms with Gasteiger partial charge in [0.1, 0.15) is 11.1 Å². The van der Waals surface area contributed by atoms with E-state index in [0.717, 1.165) is 0 Å². The number of hydrogen-bond acceptors (Lipinski definition) is 6. The number of hydrogen-bond donors (Lipinski definition) is 2. The van der Waals surface area contributed by atoms with Crippen molar-refractivity contribution in [3.8, 4) is 0 Å². The summed E-state index contributed by atoms with van der Waals surface area (Å²) in [5, 5.41) is 18.2. The molecule has 1 aromatic heterocycles. The number of fused-ring (bicyclic) bond motifs is 1. The minimum Gasteiger partial charge on any atom is -0.436 e. The Morgan fingerprint density at radius 3 is 2.28 bits per heavy atom. The van der Waals surface area contributed by atoms with Crippen LogP contribution < -0.4 is 16.3 Å². The number of para-hydroxylation sites is 2. The number of nitrogens with one attached hydrogen (secondary N) is 2. The van der Waals surface area contributed by atoms with Crippen LogP contribution in [-0.4, -0.2) is 16.7 Å². The molecular formula is C23H16N4O5. The summed E-state index contributed by atoms with van der Waals surface area (Å²) in [6.45, 7) is 0. The third-order valence-electron chi connectivity index (χ3n) is 4.53. The van der Waals surface area contributed by atoms with Gasteiger partial charge in [-0.25, -0.2) is 5.43 Å². The first-order chi connectivity index (χ1) is 15.5. The van der Waals surface area contributed by atoms with E-state index >= 15 is 0 Å². The van der Waals surface area contributed by atoms with E-state index in [-0.39, 0.29) is 22.4 Å². The van der Waals surface area contributed by atoms with Crippen LogP contribution in [0.15, 0.2) is 94.4 Å². The molecule has 3 aromatic carbocycles. The zero-order valence-electron chi connectivity index (χ0n) is 16.5. The molecule has 0 aliphatic rings. The van der Waals surface area contributed by atoms with Crippen molar-refractivity contribution in [1.82, 2.24) is 5.43 Å². The van der Waals surface area contributed by atoms with Gasteiger partial charge in [0.05, 0.1) is 4.92 Å². The number of nitrogens with zero attached hydrogens (tertiary/aromatic N) is 2. The summed E-state index contributed by atoms with van der Waals surface area (Å²) < 4.78 is 5.76. The van der Waals surface area contributed by atoms with Gasteiger partial charge in [0.2, 0.25) is 5.55 Å². The van der Waals surface area contributed by atoms with Crippen molar-refractivity contribution in [2.24, 2.45) is 5.10 Å². The fraction of sp³-hybridized carbons (Fsp3) is 0. The molecule has 9 heteroatoms. The summed E-state index contributed by atoms with van der Waals surface area (Å²) in [5.74, 6) is -1.08. The molecular weight excluding hydrogens is 412 g/mol. The molecule has 32 heavy (non-hydrogen) atoms. The lowest BCUT2D eigenvalue weighted by atomic mass is 10.1. The molecule has 4 aromatic rings. The highest BCUT2D eigenvalue weighted by atomic mass is 16.6. The lowest BCUT2D eigenvalue weighted by molar-refractivity contribution is -0.384. The second-order valence-electron chi connectivity index (χ2n) is 6.68. The first-order valence-electron chi connectivity index (χ1n) is 9.49. The number of amides is 2. The summed E-state index contributed by atoms with van der Waals surface area (Å²) in [5.41, 5.74) is 3.46. The van der Waals surface area contributed by atoms with Crippen molar-refractivity contribution in [3.63, 3.8) is 0 Å². The Kier molecular flexibility index (Phi) is 5.71. The van der Waals surface area contributed by atoms with Crippen LogP contribution in [0.2, 0.25) is 0 Å². The van der Waals surface area contributed by atoms with Crippen LogP contribution >= 0.6 is 0 Å². The summed E-state index contributed by atoms with van der Waals surface area (Å²) in [7, 11) is 0. The van der Waals surface area contributed by atoms with E-state index in [2.05, 4.69) is 15.8 Å². The standard InChI is InChI=1S/C23H16N4O5/c28-21(15-10-12-18(13-11-15)27(30)31)25-26-23-19(14-16-6-4-5-9-20(16)32-23)22(29)24-17-7-2-1-3-8-17/h1-14H,(H,24,29)(H,25,28)/b26-23-. The maximum Gasteiger partial charge on any atom is 0.271 e. The van der Waals surface area contributed by atoms with Gasteiger partial charge in [0.15, 0.2) is 0 Å². The molecule has 0 radical (unpaired) electrons. The fourth-order valence-corrected chi connectivity index (χ4v) is 2.94. The van der Waals surface area contributed by atoms with E-state index < -0.39 is 16.7 Å². The highest BCUT2D eigenvalue weighted by molar-refractivity contribution is 6.05. The third kappa shape index (κ3) is 4.51. The summed E-state index contributed by atoms with van der Waals surface area (Å²) >= 11 is 0. The zero-order chi connectivity index (χ0) is 22.5. The molecule has 2 N–H and O–H groups in total.